The second kappa shape index (κ2) is 33.4. The number of nitrogens with one attached hydrogen (secondary N) is 1. The molecule has 9 aromatic rings. The van der Waals surface area contributed by atoms with Gasteiger partial charge in [0.2, 0.25) is 0 Å². The standard InChI is InChI=1S/C31H29N3O6.C15H16O4.C13H16O4.C12H15NO4.ClH/c1-18-13-28(35)40-27-10-7-19(14-23(18)27)15-25(31(37)38)33-30(36)20-8-9-26-24(16-20)32-29(21-11-12-39-17-21)34(26)22-5-3-2-4-6-22;1-9-7-14(16)19-13-5-4-11(8-12(9)13)6-10(2)15(17)18-3;1-8(13(16)17-3)6-10-4-5-12(15)11(7-10)9(2)14;1-7(14)9-5-8(3-4-11(9)15)6-10(13)12(16)17-2;/h7-14,16-17,22,25H,2-6,15H2,1H3,(H,33,36)(H,37,38);4-5,7-8,10H,6H2,1-3H3;4-5,7-8,15H,6H2,1-3H3;3-5,10,15H,6,13H2,1-2H3;1H/t25-;10-;8-;10-;/m0000./s1. The Labute approximate surface area is 547 Å². The number of esters is 3. The maximum Gasteiger partial charge on any atom is 0.364 e. The Morgan fingerprint density at radius 1 is 0.628 bits per heavy atom. The van der Waals surface area contributed by atoms with Crippen molar-refractivity contribution >= 4 is 74.3 Å². The van der Waals surface area contributed by atoms with Gasteiger partial charge in [-0.25, -0.2) is 24.2 Å². The molecule has 4 heterocycles. The van der Waals surface area contributed by atoms with Crippen molar-refractivity contribution in [3.8, 4) is 22.9 Å². The number of aromatic nitrogens is 2. The highest BCUT2D eigenvalue weighted by Gasteiger charge is 2.27. The number of amides is 1. The van der Waals surface area contributed by atoms with Crippen LogP contribution in [0.15, 0.2) is 145 Å². The van der Waals surface area contributed by atoms with Gasteiger partial charge in [-0.05, 0) is 160 Å². The number of aromatic hydroxyl groups is 2. The molecule has 496 valence electrons. The molecule has 10 rings (SSSR count). The van der Waals surface area contributed by atoms with Gasteiger partial charge in [0.05, 0.1) is 67.2 Å². The zero-order valence-corrected chi connectivity index (χ0v) is 54.5. The van der Waals surface area contributed by atoms with Crippen molar-refractivity contribution in [2.24, 2.45) is 11.8 Å². The van der Waals surface area contributed by atoms with Crippen LogP contribution in [0, 0.1) is 25.7 Å². The van der Waals surface area contributed by atoms with Gasteiger partial charge in [-0.3, -0.25) is 24.0 Å². The first-order valence-electron chi connectivity index (χ1n) is 30.2. The number of methoxy groups -OCH3 is 3. The van der Waals surface area contributed by atoms with Gasteiger partial charge < -0.3 is 70.8 Å². The molecule has 22 nitrogen and oxygen atoms in total. The minimum absolute atomic E-state index is 0. The smallest absolute Gasteiger partial charge is 0.364 e. The lowest BCUT2D eigenvalue weighted by molar-refractivity contribution is -0.407. The Morgan fingerprint density at radius 3 is 1.57 bits per heavy atom. The molecule has 0 saturated heterocycles. The van der Waals surface area contributed by atoms with Crippen LogP contribution in [0.2, 0.25) is 0 Å². The number of ketones is 2. The van der Waals surface area contributed by atoms with Crippen molar-refractivity contribution in [2.75, 3.05) is 21.3 Å². The number of Topliss-reactive ketones (excluding diaryl/α,β-unsaturated/α-hetero) is 2. The first-order valence-corrected chi connectivity index (χ1v) is 30.2. The molecule has 1 amide bonds. The molecule has 1 saturated carbocycles. The number of fused-ring (bicyclic) bond motifs is 3. The minimum Gasteiger partial charge on any atom is -1.00 e. The molecule has 1 fully saturated rings. The van der Waals surface area contributed by atoms with Crippen LogP contribution < -0.4 is 34.7 Å². The third-order valence-electron chi connectivity index (χ3n) is 15.9. The Balaban J connectivity index is 0.000000218. The summed E-state index contributed by atoms with van der Waals surface area (Å²) in [5.41, 5.74) is 12.2. The number of phenolic OH excluding ortho intramolecular Hbond substituents is 2. The van der Waals surface area contributed by atoms with E-state index in [1.165, 1.54) is 65.9 Å². The quantitative estimate of drug-likeness (QED) is 0.0251. The molecule has 4 atom stereocenters. The summed E-state index contributed by atoms with van der Waals surface area (Å²) in [4.78, 5) is 109. The van der Waals surface area contributed by atoms with Crippen molar-refractivity contribution in [1.29, 1.82) is 0 Å². The number of carboxylic acids is 1. The molecule has 0 radical (unpaired) electrons. The van der Waals surface area contributed by atoms with Crippen molar-refractivity contribution in [2.45, 2.75) is 117 Å². The Morgan fingerprint density at radius 2 is 1.11 bits per heavy atom. The summed E-state index contributed by atoms with van der Waals surface area (Å²) in [5, 5.41) is 33.1. The fraction of sp³-hybridized carbons (Fsp3) is 0.324. The third kappa shape index (κ3) is 19.0. The van der Waals surface area contributed by atoms with E-state index in [0.717, 1.165) is 81.2 Å². The van der Waals surface area contributed by atoms with E-state index in [1.54, 1.807) is 87.0 Å². The van der Waals surface area contributed by atoms with Crippen molar-refractivity contribution < 1.29 is 94.5 Å². The number of carbonyl (C=O) groups excluding carboxylic acids is 6. The Kier molecular flexibility index (Phi) is 25.9. The molecule has 1 aliphatic rings. The highest BCUT2D eigenvalue weighted by atomic mass is 35.5. The molecule has 7 N–H and O–H groups in total. The number of hydrogen-bond acceptors (Lipinski definition) is 18. The number of nitrogens with zero attached hydrogens (tertiary/aromatic N) is 2. The summed E-state index contributed by atoms with van der Waals surface area (Å²) in [6.45, 7) is 10.0. The van der Waals surface area contributed by atoms with Crippen LogP contribution in [0.3, 0.4) is 0 Å². The van der Waals surface area contributed by atoms with E-state index >= 15 is 0 Å². The topological polar surface area (TPSA) is 339 Å². The van der Waals surface area contributed by atoms with Crippen molar-refractivity contribution in [3.63, 3.8) is 0 Å². The Bertz CT molecular complexity index is 4250. The fourth-order valence-electron chi connectivity index (χ4n) is 11.0. The zero-order valence-electron chi connectivity index (χ0n) is 53.7. The van der Waals surface area contributed by atoms with E-state index in [0.29, 0.717) is 53.1 Å². The van der Waals surface area contributed by atoms with Gasteiger partial charge in [0.1, 0.15) is 40.8 Å². The van der Waals surface area contributed by atoms with Crippen LogP contribution in [0.25, 0.3) is 44.4 Å². The van der Waals surface area contributed by atoms with Crippen LogP contribution in [0.4, 0.5) is 0 Å². The number of carboxylic acid groups (broad SMARTS) is 1. The number of furan rings is 1. The molecule has 4 aromatic heterocycles. The predicted molar refractivity (Wildman–Crippen MR) is 345 cm³/mol. The minimum atomic E-state index is -1.15. The van der Waals surface area contributed by atoms with E-state index in [-0.39, 0.29) is 82.4 Å². The lowest BCUT2D eigenvalue weighted by Crippen LogP contribution is -3.00. The van der Waals surface area contributed by atoms with E-state index in [9.17, 15) is 58.5 Å². The summed E-state index contributed by atoms with van der Waals surface area (Å²) in [5.74, 6) is -2.72. The summed E-state index contributed by atoms with van der Waals surface area (Å²) in [7, 11) is 4.03. The number of halogens is 1. The van der Waals surface area contributed by atoms with Crippen molar-refractivity contribution in [1.82, 2.24) is 14.9 Å². The monoisotopic (exact) mass is 1310 g/mol. The SMILES string of the molecule is COC(=O)[C@@H](C)Cc1ccc(O)c(C(C)=O)c1.COC(=O)[C@@H](C)Cc1ccc2oc(=O)cc(C)c2c1.COC(=O)[C@@H]([NH3+])Cc1ccc(O)c(C(C)=O)c1.Cc1cc(=O)oc2ccc(C[C@H](NC(=O)c3ccc4c(c3)nc(-c3ccoc3)n4C3CCCCC3)C(=O)O)cc12.[Cl-]. The van der Waals surface area contributed by atoms with Crippen LogP contribution in [0.1, 0.15) is 130 Å². The summed E-state index contributed by atoms with van der Waals surface area (Å²) in [6, 6.07) is 28.9. The fourth-order valence-corrected chi connectivity index (χ4v) is 11.0. The average molecular weight is 1310 g/mol. The molecule has 0 spiro atoms. The van der Waals surface area contributed by atoms with Crippen LogP contribution in [-0.4, -0.2) is 99.6 Å². The number of hydrogen-bond donors (Lipinski definition) is 5. The van der Waals surface area contributed by atoms with E-state index in [1.807, 2.05) is 38.1 Å². The number of carbonyl (C=O) groups is 7. The number of quaternary nitrogens is 1. The zero-order chi connectivity index (χ0) is 67.8. The number of rotatable bonds is 18. The number of benzene rings is 5. The molecule has 1 aliphatic carbocycles. The molecule has 0 bridgehead atoms. The maximum atomic E-state index is 13.2. The van der Waals surface area contributed by atoms with Crippen LogP contribution in [-0.2, 0) is 59.1 Å². The highest BCUT2D eigenvalue weighted by Crippen LogP contribution is 2.37. The number of imidazole rings is 1. The number of aryl methyl sites for hydroxylation is 2. The largest absolute Gasteiger partial charge is 1.00 e. The lowest BCUT2D eigenvalue weighted by Gasteiger charge is -2.25. The van der Waals surface area contributed by atoms with Crippen LogP contribution >= 0.6 is 0 Å². The number of phenols is 2. The second-order valence-corrected chi connectivity index (χ2v) is 23.0. The summed E-state index contributed by atoms with van der Waals surface area (Å²) >= 11 is 0. The van der Waals surface area contributed by atoms with Gasteiger partial charge in [0.25, 0.3) is 5.91 Å². The molecular weight excluding hydrogens is 1230 g/mol. The molecule has 0 aliphatic heterocycles. The third-order valence-corrected chi connectivity index (χ3v) is 15.9. The van der Waals surface area contributed by atoms with Crippen LogP contribution in [0.5, 0.6) is 11.5 Å². The first-order chi connectivity index (χ1) is 44.3. The molecule has 23 heteroatoms. The molecular formula is C71H77ClN4O18. The van der Waals surface area contributed by atoms with Gasteiger partial charge in [-0.15, -0.1) is 0 Å². The van der Waals surface area contributed by atoms with Crippen molar-refractivity contribution in [3.05, 3.63) is 193 Å². The van der Waals surface area contributed by atoms with E-state index in [2.05, 4.69) is 25.1 Å². The number of aliphatic carboxylic acids is 1. The predicted octanol–water partition coefficient (Wildman–Crippen LogP) is 6.97. The normalized spacial score (nSPS) is 13.2. The van der Waals surface area contributed by atoms with Gasteiger partial charge in [-0.1, -0.05) is 57.4 Å². The van der Waals surface area contributed by atoms with Gasteiger partial charge in [0.15, 0.2) is 17.6 Å². The molecule has 5 aromatic carbocycles. The lowest BCUT2D eigenvalue weighted by atomic mass is 9.95. The van der Waals surface area contributed by atoms with E-state index in [4.69, 9.17) is 23.0 Å². The van der Waals surface area contributed by atoms with Gasteiger partial charge >= 0.3 is 35.1 Å². The van der Waals surface area contributed by atoms with Gasteiger partial charge in [0, 0.05) is 47.4 Å². The maximum absolute atomic E-state index is 13.2. The number of ether oxygens (including phenoxy) is 3. The first kappa shape index (κ1) is 72.9. The van der Waals surface area contributed by atoms with Gasteiger partial charge in [-0.2, -0.15) is 0 Å². The molecule has 0 unspecified atom stereocenters. The Hall–Kier alpha value is -10.2. The highest BCUT2D eigenvalue weighted by molar-refractivity contribution is 6.00. The second-order valence-electron chi connectivity index (χ2n) is 23.0. The molecule has 94 heavy (non-hydrogen) atoms. The average Bonchev–Trinajstić information content (AvgIpc) is 1.60. The summed E-state index contributed by atoms with van der Waals surface area (Å²) < 4.78 is 31.8. The summed E-state index contributed by atoms with van der Waals surface area (Å²) in [6.07, 6.45) is 10.5. The van der Waals surface area contributed by atoms with E-state index < -0.39 is 35.6 Å².